The van der Waals surface area contributed by atoms with E-state index in [1.165, 1.54) is 24.5 Å². The Morgan fingerprint density at radius 2 is 1.68 bits per heavy atom. The molecule has 1 amide bonds. The molecular weight excluding hydrogens is 359 g/mol. The van der Waals surface area contributed by atoms with Crippen molar-refractivity contribution in [2.45, 2.75) is 18.9 Å². The van der Waals surface area contributed by atoms with E-state index < -0.39 is 0 Å². The number of piperazine rings is 1. The number of pyridine rings is 1. The Labute approximate surface area is 164 Å². The standard InChI is InChI=1S/C21H25FN4O2/c22-18-3-5-19(6-4-18)23-12-14-24(15-13-23)20-2-1-9-25(16-20)21(27)17-7-10-26(28)11-8-17/h3-8,10-11,20H,1-2,9,12-16H2/t20-/m1/s1. The first-order valence-corrected chi connectivity index (χ1v) is 9.83. The quantitative estimate of drug-likeness (QED) is 0.599. The Kier molecular flexibility index (Phi) is 5.43. The Balaban J connectivity index is 1.34. The van der Waals surface area contributed by atoms with E-state index in [0.29, 0.717) is 16.3 Å². The normalized spacial score (nSPS) is 21.0. The Bertz CT molecular complexity index is 804. The van der Waals surface area contributed by atoms with Crippen molar-refractivity contribution in [2.75, 3.05) is 44.2 Å². The number of piperidine rings is 1. The van der Waals surface area contributed by atoms with Crippen LogP contribution >= 0.6 is 0 Å². The van der Waals surface area contributed by atoms with Gasteiger partial charge in [0.1, 0.15) is 5.82 Å². The van der Waals surface area contributed by atoms with Crippen LogP contribution in [0, 0.1) is 11.0 Å². The molecule has 148 valence electrons. The second-order valence-electron chi connectivity index (χ2n) is 7.49. The van der Waals surface area contributed by atoms with Crippen LogP contribution in [0.5, 0.6) is 0 Å². The van der Waals surface area contributed by atoms with Gasteiger partial charge in [0.25, 0.3) is 5.91 Å². The third-order valence-corrected chi connectivity index (χ3v) is 5.76. The molecule has 0 radical (unpaired) electrons. The number of nitrogens with zero attached hydrogens (tertiary/aromatic N) is 4. The number of aromatic nitrogens is 1. The lowest BCUT2D eigenvalue weighted by atomic mass is 10.0. The molecule has 0 unspecified atom stereocenters. The van der Waals surface area contributed by atoms with Gasteiger partial charge in [-0.25, -0.2) is 4.39 Å². The third-order valence-electron chi connectivity index (χ3n) is 5.76. The number of likely N-dealkylation sites (tertiary alicyclic amines) is 1. The van der Waals surface area contributed by atoms with E-state index >= 15 is 0 Å². The maximum absolute atomic E-state index is 13.1. The average Bonchev–Trinajstić information content (AvgIpc) is 2.75. The van der Waals surface area contributed by atoms with E-state index in [1.54, 1.807) is 12.1 Å². The summed E-state index contributed by atoms with van der Waals surface area (Å²) in [6.07, 6.45) is 4.81. The Hall–Kier alpha value is -2.67. The summed E-state index contributed by atoms with van der Waals surface area (Å²) in [6.45, 7) is 5.16. The monoisotopic (exact) mass is 384 g/mol. The topological polar surface area (TPSA) is 53.7 Å². The van der Waals surface area contributed by atoms with Crippen molar-refractivity contribution in [1.82, 2.24) is 9.80 Å². The molecule has 1 atom stereocenters. The molecule has 4 rings (SSSR count). The van der Waals surface area contributed by atoms with Gasteiger partial charge < -0.3 is 15.0 Å². The van der Waals surface area contributed by atoms with Crippen LogP contribution in [0.3, 0.4) is 0 Å². The lowest BCUT2D eigenvalue weighted by Crippen LogP contribution is -2.55. The number of halogens is 1. The summed E-state index contributed by atoms with van der Waals surface area (Å²) in [5.74, 6) is -0.215. The fourth-order valence-electron chi connectivity index (χ4n) is 4.17. The molecule has 0 spiro atoms. The first-order valence-electron chi connectivity index (χ1n) is 9.83. The van der Waals surface area contributed by atoms with Crippen LogP contribution in [-0.4, -0.2) is 61.0 Å². The predicted molar refractivity (Wildman–Crippen MR) is 105 cm³/mol. The van der Waals surface area contributed by atoms with Gasteiger partial charge in [-0.05, 0) is 37.1 Å². The summed E-state index contributed by atoms with van der Waals surface area (Å²) in [5.41, 5.74) is 1.62. The molecule has 0 saturated carbocycles. The first-order chi connectivity index (χ1) is 13.6. The molecule has 2 aliphatic heterocycles. The molecule has 2 aromatic rings. The summed E-state index contributed by atoms with van der Waals surface area (Å²) in [4.78, 5) is 19.4. The maximum Gasteiger partial charge on any atom is 0.254 e. The van der Waals surface area contributed by atoms with Crippen molar-refractivity contribution >= 4 is 11.6 Å². The van der Waals surface area contributed by atoms with Crippen molar-refractivity contribution in [3.63, 3.8) is 0 Å². The zero-order valence-electron chi connectivity index (χ0n) is 15.8. The highest BCUT2D eigenvalue weighted by Gasteiger charge is 2.30. The summed E-state index contributed by atoms with van der Waals surface area (Å²) in [6, 6.07) is 10.2. The highest BCUT2D eigenvalue weighted by atomic mass is 19.1. The lowest BCUT2D eigenvalue weighted by molar-refractivity contribution is -0.605. The number of carbonyl (C=O) groups is 1. The van der Waals surface area contributed by atoms with Crippen LogP contribution in [-0.2, 0) is 0 Å². The molecule has 3 heterocycles. The molecule has 28 heavy (non-hydrogen) atoms. The summed E-state index contributed by atoms with van der Waals surface area (Å²) < 4.78 is 13.8. The minimum atomic E-state index is -0.210. The SMILES string of the molecule is O=C(c1cc[n+]([O-])cc1)N1CCC[C@@H](N2CCN(c3ccc(F)cc3)CC2)C1. The van der Waals surface area contributed by atoms with E-state index in [1.807, 2.05) is 17.0 Å². The number of amides is 1. The molecule has 6 nitrogen and oxygen atoms in total. The van der Waals surface area contributed by atoms with Gasteiger partial charge in [0.15, 0.2) is 12.4 Å². The number of hydrogen-bond donors (Lipinski definition) is 0. The second kappa shape index (κ2) is 8.14. The molecule has 0 N–H and O–H groups in total. The maximum atomic E-state index is 13.1. The van der Waals surface area contributed by atoms with Crippen LogP contribution in [0.15, 0.2) is 48.8 Å². The fourth-order valence-corrected chi connectivity index (χ4v) is 4.17. The first kappa shape index (κ1) is 18.7. The molecule has 2 saturated heterocycles. The van der Waals surface area contributed by atoms with Crippen molar-refractivity contribution in [3.05, 3.63) is 65.4 Å². The van der Waals surface area contributed by atoms with Gasteiger partial charge >= 0.3 is 0 Å². The molecule has 0 aliphatic carbocycles. The summed E-state index contributed by atoms with van der Waals surface area (Å²) >= 11 is 0. The van der Waals surface area contributed by atoms with Crippen LogP contribution in [0.4, 0.5) is 10.1 Å². The van der Waals surface area contributed by atoms with E-state index in [-0.39, 0.29) is 11.7 Å². The van der Waals surface area contributed by atoms with Gasteiger partial charge in [0, 0.05) is 63.1 Å². The highest BCUT2D eigenvalue weighted by Crippen LogP contribution is 2.22. The van der Waals surface area contributed by atoms with Crippen LogP contribution < -0.4 is 9.63 Å². The molecule has 7 heteroatoms. The Morgan fingerprint density at radius 1 is 1.00 bits per heavy atom. The van der Waals surface area contributed by atoms with Gasteiger partial charge in [-0.1, -0.05) is 0 Å². The summed E-state index contributed by atoms with van der Waals surface area (Å²) in [7, 11) is 0. The number of rotatable bonds is 3. The van der Waals surface area contributed by atoms with Crippen molar-refractivity contribution in [3.8, 4) is 0 Å². The van der Waals surface area contributed by atoms with Gasteiger partial charge in [-0.15, -0.1) is 0 Å². The zero-order chi connectivity index (χ0) is 19.5. The minimum Gasteiger partial charge on any atom is -0.619 e. The predicted octanol–water partition coefficient (Wildman–Crippen LogP) is 1.89. The Morgan fingerprint density at radius 3 is 2.36 bits per heavy atom. The van der Waals surface area contributed by atoms with Gasteiger partial charge in [-0.3, -0.25) is 9.69 Å². The number of hydrogen-bond acceptors (Lipinski definition) is 4. The van der Waals surface area contributed by atoms with Crippen LogP contribution in [0.1, 0.15) is 23.2 Å². The molecule has 0 bridgehead atoms. The molecule has 1 aromatic heterocycles. The van der Waals surface area contributed by atoms with Crippen LogP contribution in [0.25, 0.3) is 0 Å². The van der Waals surface area contributed by atoms with Gasteiger partial charge in [-0.2, -0.15) is 4.73 Å². The second-order valence-corrected chi connectivity index (χ2v) is 7.49. The van der Waals surface area contributed by atoms with E-state index in [0.717, 1.165) is 57.8 Å². The number of benzene rings is 1. The average molecular weight is 384 g/mol. The van der Waals surface area contributed by atoms with Crippen LogP contribution in [0.2, 0.25) is 0 Å². The number of carbonyl (C=O) groups excluding carboxylic acids is 1. The molecule has 1 aromatic carbocycles. The minimum absolute atomic E-state index is 0.00440. The van der Waals surface area contributed by atoms with Crippen molar-refractivity contribution in [2.24, 2.45) is 0 Å². The van der Waals surface area contributed by atoms with Crippen molar-refractivity contribution < 1.29 is 13.9 Å². The molecule has 2 aliphatic rings. The smallest absolute Gasteiger partial charge is 0.254 e. The molecular formula is C21H25FN4O2. The lowest BCUT2D eigenvalue weighted by Gasteiger charge is -2.44. The van der Waals surface area contributed by atoms with E-state index in [9.17, 15) is 14.4 Å². The van der Waals surface area contributed by atoms with E-state index in [2.05, 4.69) is 9.80 Å². The van der Waals surface area contributed by atoms with Gasteiger partial charge in [0.05, 0.1) is 5.56 Å². The largest absolute Gasteiger partial charge is 0.619 e. The third kappa shape index (κ3) is 4.09. The number of anilines is 1. The van der Waals surface area contributed by atoms with Gasteiger partial charge in [0.2, 0.25) is 0 Å². The van der Waals surface area contributed by atoms with E-state index in [4.69, 9.17) is 0 Å². The fraction of sp³-hybridized carbons (Fsp3) is 0.429. The highest BCUT2D eigenvalue weighted by molar-refractivity contribution is 5.94. The molecule has 2 fully saturated rings. The summed E-state index contributed by atoms with van der Waals surface area (Å²) in [5, 5.41) is 11.2. The zero-order valence-corrected chi connectivity index (χ0v) is 15.8. The van der Waals surface area contributed by atoms with Crippen molar-refractivity contribution in [1.29, 1.82) is 0 Å².